The van der Waals surface area contributed by atoms with Crippen molar-refractivity contribution in [3.05, 3.63) is 35.9 Å². The van der Waals surface area contributed by atoms with E-state index in [9.17, 15) is 9.59 Å². The minimum atomic E-state index is -1.05. The zero-order valence-corrected chi connectivity index (χ0v) is 16.7. The van der Waals surface area contributed by atoms with Crippen LogP contribution in [0.3, 0.4) is 0 Å². The van der Waals surface area contributed by atoms with Gasteiger partial charge in [0.1, 0.15) is 11.6 Å². The van der Waals surface area contributed by atoms with E-state index in [4.69, 9.17) is 15.4 Å². The molecule has 1 saturated carbocycles. The van der Waals surface area contributed by atoms with Crippen molar-refractivity contribution in [1.29, 1.82) is 0 Å². The van der Waals surface area contributed by atoms with Crippen molar-refractivity contribution in [1.82, 2.24) is 10.2 Å². The van der Waals surface area contributed by atoms with Crippen molar-refractivity contribution in [2.24, 2.45) is 11.1 Å². The molecule has 0 heterocycles. The summed E-state index contributed by atoms with van der Waals surface area (Å²) in [5, 5.41) is 11.9. The van der Waals surface area contributed by atoms with Crippen LogP contribution in [-0.4, -0.2) is 55.8 Å². The van der Waals surface area contributed by atoms with Gasteiger partial charge in [0.05, 0.1) is 0 Å². The second kappa shape index (κ2) is 11.2. The summed E-state index contributed by atoms with van der Waals surface area (Å²) in [5.41, 5.74) is 5.64. The van der Waals surface area contributed by atoms with Crippen LogP contribution in [-0.2, 0) is 20.7 Å². The Morgan fingerprint density at radius 1 is 1.32 bits per heavy atom. The lowest BCUT2D eigenvalue weighted by Crippen LogP contribution is -2.53. The Hall–Kier alpha value is -1.90. The van der Waals surface area contributed by atoms with Gasteiger partial charge in [0, 0.05) is 13.6 Å². The van der Waals surface area contributed by atoms with Crippen molar-refractivity contribution in [2.45, 2.75) is 51.2 Å². The van der Waals surface area contributed by atoms with Crippen LogP contribution in [0.4, 0.5) is 0 Å². The Balaban J connectivity index is 2.03. The van der Waals surface area contributed by atoms with Crippen LogP contribution in [0.5, 0.6) is 0 Å². The fraction of sp³-hybridized carbons (Fsp3) is 0.600. The first-order valence-electron chi connectivity index (χ1n) is 10.1. The normalized spacial score (nSPS) is 16.4. The molecule has 0 unspecified atom stereocenters. The molecule has 154 valence electrons. The van der Waals surface area contributed by atoms with E-state index in [2.05, 4.69) is 5.32 Å². The molecular formula is C20H32BN3O4. The van der Waals surface area contributed by atoms with Crippen molar-refractivity contribution < 1.29 is 19.3 Å². The lowest BCUT2D eigenvalue weighted by molar-refractivity contribution is -0.150. The number of rotatable bonds is 11. The highest BCUT2D eigenvalue weighted by atomic mass is 16.5. The summed E-state index contributed by atoms with van der Waals surface area (Å²) in [7, 11) is 1.27. The van der Waals surface area contributed by atoms with Gasteiger partial charge >= 0.3 is 7.69 Å². The van der Waals surface area contributed by atoms with Gasteiger partial charge in [0.25, 0.3) is 0 Å². The molecule has 2 amide bonds. The van der Waals surface area contributed by atoms with Gasteiger partial charge in [-0.25, -0.2) is 0 Å². The molecule has 4 N–H and O–H groups in total. The second-order valence-electron chi connectivity index (χ2n) is 7.44. The molecule has 0 bridgehead atoms. The van der Waals surface area contributed by atoms with Gasteiger partial charge in [0.15, 0.2) is 0 Å². The molecule has 7 nitrogen and oxygen atoms in total. The van der Waals surface area contributed by atoms with Gasteiger partial charge in [-0.2, -0.15) is 0 Å². The van der Waals surface area contributed by atoms with E-state index < -0.39 is 19.3 Å². The first-order valence-corrected chi connectivity index (χ1v) is 10.1. The molecule has 2 rings (SSSR count). The van der Waals surface area contributed by atoms with E-state index in [-0.39, 0.29) is 11.8 Å². The monoisotopic (exact) mass is 389 g/mol. The summed E-state index contributed by atoms with van der Waals surface area (Å²) < 4.78 is 5.21. The number of amides is 2. The predicted molar refractivity (Wildman–Crippen MR) is 109 cm³/mol. The summed E-state index contributed by atoms with van der Waals surface area (Å²) in [6, 6.07) is 9.98. The minimum absolute atomic E-state index is 0.139. The average molecular weight is 389 g/mol. The molecule has 1 fully saturated rings. The molecule has 0 spiro atoms. The molecule has 1 aliphatic carbocycles. The SMILES string of the molecule is CN(CCc1ccccc1)C(=O)C1(C(=O)N[C@@H](CCCN)OBO)CCCC1. The van der Waals surface area contributed by atoms with E-state index in [1.807, 2.05) is 30.3 Å². The maximum atomic E-state index is 13.2. The third-order valence-corrected chi connectivity index (χ3v) is 5.46. The van der Waals surface area contributed by atoms with Crippen molar-refractivity contribution in [3.8, 4) is 0 Å². The van der Waals surface area contributed by atoms with Crippen LogP contribution in [0.25, 0.3) is 0 Å². The largest absolute Gasteiger partial charge is 0.436 e. The van der Waals surface area contributed by atoms with Crippen LogP contribution >= 0.6 is 0 Å². The lowest BCUT2D eigenvalue weighted by Gasteiger charge is -2.33. The third-order valence-electron chi connectivity index (χ3n) is 5.46. The van der Waals surface area contributed by atoms with Gasteiger partial charge in [-0.15, -0.1) is 0 Å². The van der Waals surface area contributed by atoms with Gasteiger partial charge < -0.3 is 25.6 Å². The van der Waals surface area contributed by atoms with Crippen LogP contribution in [0, 0.1) is 5.41 Å². The number of nitrogens with zero attached hydrogens (tertiary/aromatic N) is 1. The summed E-state index contributed by atoms with van der Waals surface area (Å²) in [6.07, 6.45) is 4.03. The van der Waals surface area contributed by atoms with E-state index in [0.717, 1.165) is 24.8 Å². The second-order valence-corrected chi connectivity index (χ2v) is 7.44. The number of nitrogens with two attached hydrogens (primary N) is 1. The first-order chi connectivity index (χ1) is 13.5. The topological polar surface area (TPSA) is 105 Å². The summed E-state index contributed by atoms with van der Waals surface area (Å²) in [6.45, 7) is 1.02. The summed E-state index contributed by atoms with van der Waals surface area (Å²) in [5.74, 6) is -0.447. The lowest BCUT2D eigenvalue weighted by atomic mass is 9.83. The van der Waals surface area contributed by atoms with E-state index >= 15 is 0 Å². The molecular weight excluding hydrogens is 357 g/mol. The summed E-state index contributed by atoms with van der Waals surface area (Å²) >= 11 is 0. The molecule has 0 aliphatic heterocycles. The number of likely N-dealkylation sites (N-methyl/N-ethyl adjacent to an activating group) is 1. The average Bonchev–Trinajstić information content (AvgIpc) is 3.21. The fourth-order valence-corrected chi connectivity index (χ4v) is 3.80. The van der Waals surface area contributed by atoms with Crippen molar-refractivity contribution >= 4 is 19.5 Å². The fourth-order valence-electron chi connectivity index (χ4n) is 3.80. The molecule has 1 aromatic rings. The predicted octanol–water partition coefficient (Wildman–Crippen LogP) is 0.705. The number of hydrogen-bond acceptors (Lipinski definition) is 5. The van der Waals surface area contributed by atoms with Gasteiger partial charge in [-0.1, -0.05) is 43.2 Å². The first kappa shape index (κ1) is 22.4. The van der Waals surface area contributed by atoms with Crippen molar-refractivity contribution in [2.75, 3.05) is 20.1 Å². The summed E-state index contributed by atoms with van der Waals surface area (Å²) in [4.78, 5) is 28.0. The standard InChI is InChI=1S/C20H32BN3O4/c1-24(15-11-16-8-3-2-4-9-16)19(26)20(12-5-6-13-20)18(25)23-17(28-21-27)10-7-14-22/h2-4,8-9,17,21,27H,5-7,10-15,22H2,1H3,(H,23,25)/t17-/m1/s1. The number of carbonyl (C=O) groups excluding carboxylic acids is 2. The van der Waals surface area contributed by atoms with Crippen molar-refractivity contribution in [3.63, 3.8) is 0 Å². The van der Waals surface area contributed by atoms with Gasteiger partial charge in [-0.3, -0.25) is 9.59 Å². The van der Waals surface area contributed by atoms with Crippen LogP contribution in [0.15, 0.2) is 30.3 Å². The number of nitrogens with one attached hydrogen (secondary N) is 1. The maximum Gasteiger partial charge on any atom is 0.436 e. The smallest absolute Gasteiger partial charge is 0.430 e. The molecule has 1 atom stereocenters. The highest BCUT2D eigenvalue weighted by molar-refractivity contribution is 6.16. The molecule has 28 heavy (non-hydrogen) atoms. The highest BCUT2D eigenvalue weighted by Crippen LogP contribution is 2.40. The Morgan fingerprint density at radius 2 is 2.00 bits per heavy atom. The van der Waals surface area contributed by atoms with Crippen LogP contribution < -0.4 is 11.1 Å². The zero-order chi connectivity index (χ0) is 20.4. The third kappa shape index (κ3) is 5.80. The zero-order valence-electron chi connectivity index (χ0n) is 16.7. The molecule has 0 radical (unpaired) electrons. The Labute approximate surface area is 167 Å². The number of hydrogen-bond donors (Lipinski definition) is 3. The molecule has 0 saturated heterocycles. The van der Waals surface area contributed by atoms with Crippen LogP contribution in [0.1, 0.15) is 44.1 Å². The molecule has 1 aromatic carbocycles. The molecule has 8 heteroatoms. The minimum Gasteiger partial charge on any atom is -0.430 e. The molecule has 1 aliphatic rings. The van der Waals surface area contributed by atoms with Gasteiger partial charge in [0.2, 0.25) is 11.8 Å². The van der Waals surface area contributed by atoms with Gasteiger partial charge in [-0.05, 0) is 44.2 Å². The van der Waals surface area contributed by atoms with E-state index in [1.165, 1.54) is 0 Å². The Bertz CT molecular complexity index is 623. The quantitative estimate of drug-likeness (QED) is 0.294. The number of benzene rings is 1. The highest BCUT2D eigenvalue weighted by Gasteiger charge is 2.49. The van der Waals surface area contributed by atoms with E-state index in [0.29, 0.717) is 38.8 Å². The Morgan fingerprint density at radius 3 is 2.61 bits per heavy atom. The number of carbonyl (C=O) groups is 2. The molecule has 0 aromatic heterocycles. The van der Waals surface area contributed by atoms with Crippen LogP contribution in [0.2, 0.25) is 0 Å². The Kier molecular flexibility index (Phi) is 8.95. The van der Waals surface area contributed by atoms with E-state index in [1.54, 1.807) is 11.9 Å². The maximum absolute atomic E-state index is 13.2.